The Morgan fingerprint density at radius 3 is 3.00 bits per heavy atom. The zero-order valence-electron chi connectivity index (χ0n) is 12.2. The van der Waals surface area contributed by atoms with Crippen LogP contribution in [-0.4, -0.2) is 6.54 Å². The van der Waals surface area contributed by atoms with Gasteiger partial charge in [-0.2, -0.15) is 0 Å². The van der Waals surface area contributed by atoms with E-state index in [1.807, 2.05) is 22.7 Å². The topological polar surface area (TPSA) is 12.0 Å². The lowest BCUT2D eigenvalue weighted by Crippen LogP contribution is -2.20. The van der Waals surface area contributed by atoms with Crippen molar-refractivity contribution in [2.75, 3.05) is 6.54 Å². The molecular weight excluding hydrogens is 294 g/mol. The molecule has 0 aliphatic heterocycles. The van der Waals surface area contributed by atoms with E-state index in [0.717, 1.165) is 6.54 Å². The molecule has 0 saturated heterocycles. The fraction of sp³-hybridized carbons (Fsp3) is 0.333. The summed E-state index contributed by atoms with van der Waals surface area (Å²) in [5, 5.41) is 7.44. The summed E-state index contributed by atoms with van der Waals surface area (Å²) in [4.78, 5) is 3.11. The number of thiophene rings is 2. The van der Waals surface area contributed by atoms with Crippen LogP contribution in [0.5, 0.6) is 0 Å². The Hall–Kier alpha value is -1.16. The van der Waals surface area contributed by atoms with E-state index in [9.17, 15) is 0 Å². The third-order valence-corrected chi connectivity index (χ3v) is 6.56. The van der Waals surface area contributed by atoms with Crippen molar-refractivity contribution in [3.05, 3.63) is 56.6 Å². The van der Waals surface area contributed by atoms with Gasteiger partial charge in [-0.25, -0.2) is 0 Å². The Kier molecular flexibility index (Phi) is 3.57. The zero-order chi connectivity index (χ0) is 14.2. The highest BCUT2D eigenvalue weighted by Crippen LogP contribution is 2.39. The van der Waals surface area contributed by atoms with Crippen LogP contribution < -0.4 is 5.32 Å². The molecule has 3 heteroatoms. The first-order chi connectivity index (χ1) is 10.4. The average molecular weight is 313 g/mol. The van der Waals surface area contributed by atoms with E-state index in [4.69, 9.17) is 0 Å². The van der Waals surface area contributed by atoms with Crippen molar-refractivity contribution >= 4 is 32.8 Å². The fourth-order valence-corrected chi connectivity index (χ4v) is 5.62. The third kappa shape index (κ3) is 2.33. The molecule has 1 aliphatic carbocycles. The van der Waals surface area contributed by atoms with Gasteiger partial charge in [0.15, 0.2) is 0 Å². The SMILES string of the molecule is CCNC(c1cc2c(s1)CCC2)c1csc2ccccc12. The Bertz CT molecular complexity index is 747. The smallest absolute Gasteiger partial charge is 0.0685 e. The third-order valence-electron chi connectivity index (χ3n) is 4.28. The van der Waals surface area contributed by atoms with Gasteiger partial charge in [0.1, 0.15) is 0 Å². The van der Waals surface area contributed by atoms with Crippen molar-refractivity contribution in [2.45, 2.75) is 32.2 Å². The van der Waals surface area contributed by atoms with E-state index in [-0.39, 0.29) is 0 Å². The summed E-state index contributed by atoms with van der Waals surface area (Å²) < 4.78 is 1.39. The second kappa shape index (κ2) is 5.56. The summed E-state index contributed by atoms with van der Waals surface area (Å²) in [5.74, 6) is 0. The maximum Gasteiger partial charge on any atom is 0.0685 e. The number of nitrogens with one attached hydrogen (secondary N) is 1. The van der Waals surface area contributed by atoms with Gasteiger partial charge in [0.2, 0.25) is 0 Å². The number of benzene rings is 1. The highest BCUT2D eigenvalue weighted by Gasteiger charge is 2.22. The van der Waals surface area contributed by atoms with Crippen molar-refractivity contribution < 1.29 is 0 Å². The standard InChI is InChI=1S/C18H19NS2/c1-2-19-18(17-10-12-6-5-9-15(12)21-17)14-11-20-16-8-4-3-7-13(14)16/h3-4,7-8,10-11,18-19H,2,5-6,9H2,1H3. The highest BCUT2D eigenvalue weighted by atomic mass is 32.1. The van der Waals surface area contributed by atoms with Gasteiger partial charge in [0.05, 0.1) is 6.04 Å². The number of hydrogen-bond acceptors (Lipinski definition) is 3. The number of rotatable bonds is 4. The predicted molar refractivity (Wildman–Crippen MR) is 93.7 cm³/mol. The predicted octanol–water partition coefficient (Wildman–Crippen LogP) is 5.15. The minimum absolute atomic E-state index is 0.349. The van der Waals surface area contributed by atoms with Gasteiger partial charge in [-0.3, -0.25) is 0 Å². The van der Waals surface area contributed by atoms with Crippen LogP contribution in [-0.2, 0) is 12.8 Å². The van der Waals surface area contributed by atoms with Crippen LogP contribution in [0.15, 0.2) is 35.7 Å². The first-order valence-electron chi connectivity index (χ1n) is 7.68. The van der Waals surface area contributed by atoms with Crippen molar-refractivity contribution in [1.29, 1.82) is 0 Å². The summed E-state index contributed by atoms with van der Waals surface area (Å²) in [6.07, 6.45) is 3.90. The van der Waals surface area contributed by atoms with Crippen LogP contribution >= 0.6 is 22.7 Å². The second-order valence-corrected chi connectivity index (χ2v) is 7.71. The minimum atomic E-state index is 0.349. The largest absolute Gasteiger partial charge is 0.306 e. The van der Waals surface area contributed by atoms with Crippen LogP contribution in [0.2, 0.25) is 0 Å². The van der Waals surface area contributed by atoms with Crippen molar-refractivity contribution in [3.63, 3.8) is 0 Å². The van der Waals surface area contributed by atoms with Crippen molar-refractivity contribution in [1.82, 2.24) is 5.32 Å². The minimum Gasteiger partial charge on any atom is -0.306 e. The molecular formula is C18H19NS2. The van der Waals surface area contributed by atoms with Crippen LogP contribution in [0.4, 0.5) is 0 Å². The molecule has 1 aliphatic rings. The lowest BCUT2D eigenvalue weighted by atomic mass is 10.0. The molecule has 0 saturated carbocycles. The monoisotopic (exact) mass is 313 g/mol. The van der Waals surface area contributed by atoms with E-state index >= 15 is 0 Å². The van der Waals surface area contributed by atoms with Crippen molar-refractivity contribution in [2.24, 2.45) is 0 Å². The number of hydrogen-bond donors (Lipinski definition) is 1. The molecule has 0 radical (unpaired) electrons. The summed E-state index contributed by atoms with van der Waals surface area (Å²) in [6, 6.07) is 11.6. The molecule has 108 valence electrons. The summed E-state index contributed by atoms with van der Waals surface area (Å²) in [6.45, 7) is 3.19. The van der Waals surface area contributed by atoms with E-state index in [1.165, 1.54) is 39.8 Å². The number of fused-ring (bicyclic) bond motifs is 2. The Labute approximate surface area is 133 Å². The molecule has 21 heavy (non-hydrogen) atoms. The molecule has 1 aromatic carbocycles. The molecule has 3 aromatic rings. The molecule has 0 bridgehead atoms. The lowest BCUT2D eigenvalue weighted by molar-refractivity contribution is 0.644. The molecule has 2 heterocycles. The van der Waals surface area contributed by atoms with E-state index in [2.05, 4.69) is 48.0 Å². The molecule has 0 fully saturated rings. The summed E-state index contributed by atoms with van der Waals surface area (Å²) >= 11 is 3.88. The molecule has 0 amide bonds. The van der Waals surface area contributed by atoms with E-state index in [1.54, 1.807) is 10.4 Å². The molecule has 1 N–H and O–H groups in total. The van der Waals surface area contributed by atoms with E-state index in [0.29, 0.717) is 6.04 Å². The number of aryl methyl sites for hydroxylation is 2. The Morgan fingerprint density at radius 2 is 2.14 bits per heavy atom. The van der Waals surface area contributed by atoms with Gasteiger partial charge in [-0.05, 0) is 59.8 Å². The first-order valence-corrected chi connectivity index (χ1v) is 9.37. The molecule has 0 spiro atoms. The van der Waals surface area contributed by atoms with Gasteiger partial charge in [0.25, 0.3) is 0 Å². The highest BCUT2D eigenvalue weighted by molar-refractivity contribution is 7.17. The Balaban J connectivity index is 1.80. The van der Waals surface area contributed by atoms with E-state index < -0.39 is 0 Å². The molecule has 1 atom stereocenters. The maximum atomic E-state index is 3.70. The van der Waals surface area contributed by atoms with Crippen LogP contribution in [0.1, 0.15) is 40.3 Å². The van der Waals surface area contributed by atoms with Gasteiger partial charge < -0.3 is 5.32 Å². The van der Waals surface area contributed by atoms with Gasteiger partial charge in [-0.1, -0.05) is 25.1 Å². The van der Waals surface area contributed by atoms with Crippen LogP contribution in [0.3, 0.4) is 0 Å². The summed E-state index contributed by atoms with van der Waals surface area (Å²) in [5.41, 5.74) is 3.04. The van der Waals surface area contributed by atoms with Gasteiger partial charge in [0, 0.05) is 14.5 Å². The first kappa shape index (κ1) is 13.5. The molecule has 1 nitrogen and oxygen atoms in total. The molecule has 4 rings (SSSR count). The molecule has 2 aromatic heterocycles. The van der Waals surface area contributed by atoms with Gasteiger partial charge in [-0.15, -0.1) is 22.7 Å². The average Bonchev–Trinajstić information content (AvgIpc) is 3.18. The van der Waals surface area contributed by atoms with Crippen LogP contribution in [0.25, 0.3) is 10.1 Å². The maximum absolute atomic E-state index is 3.70. The quantitative estimate of drug-likeness (QED) is 0.702. The zero-order valence-corrected chi connectivity index (χ0v) is 13.8. The van der Waals surface area contributed by atoms with Crippen molar-refractivity contribution in [3.8, 4) is 0 Å². The Morgan fingerprint density at radius 1 is 1.24 bits per heavy atom. The lowest BCUT2D eigenvalue weighted by Gasteiger charge is -2.16. The second-order valence-electron chi connectivity index (χ2n) is 5.63. The fourth-order valence-electron chi connectivity index (χ4n) is 3.28. The summed E-state index contributed by atoms with van der Waals surface area (Å²) in [7, 11) is 0. The van der Waals surface area contributed by atoms with Crippen LogP contribution in [0, 0.1) is 0 Å². The normalized spacial score (nSPS) is 15.5. The molecule has 1 unspecified atom stereocenters. The van der Waals surface area contributed by atoms with Gasteiger partial charge >= 0.3 is 0 Å².